The minimum Gasteiger partial charge on any atom is -0.378 e. The van der Waals surface area contributed by atoms with Crippen LogP contribution < -0.4 is 5.32 Å². The first-order valence-electron chi connectivity index (χ1n) is 5.56. The highest BCUT2D eigenvalue weighted by Crippen LogP contribution is 2.07. The smallest absolute Gasteiger partial charge is 0.222 e. The molecule has 3 heteroatoms. The second-order valence-electron chi connectivity index (χ2n) is 3.51. The molecule has 0 saturated carbocycles. The fourth-order valence-corrected chi connectivity index (χ4v) is 1.27. The average Bonchev–Trinajstić information content (AvgIpc) is 2.18. The minimum absolute atomic E-state index is 0.0694. The van der Waals surface area contributed by atoms with Gasteiger partial charge in [0.15, 0.2) is 0 Å². The number of carbonyl (C=O) groups is 1. The molecule has 0 aliphatic heterocycles. The number of unbranched alkanes of at least 4 members (excludes halogenated alkanes) is 1. The van der Waals surface area contributed by atoms with Crippen molar-refractivity contribution in [3.05, 3.63) is 0 Å². The zero-order chi connectivity index (χ0) is 10.8. The van der Waals surface area contributed by atoms with Gasteiger partial charge in [0, 0.05) is 13.7 Å². The van der Waals surface area contributed by atoms with Gasteiger partial charge in [-0.25, -0.2) is 0 Å². The van der Waals surface area contributed by atoms with Crippen LogP contribution in [0.5, 0.6) is 0 Å². The van der Waals surface area contributed by atoms with Gasteiger partial charge in [0.25, 0.3) is 0 Å². The third kappa shape index (κ3) is 6.89. The van der Waals surface area contributed by atoms with E-state index >= 15 is 0 Å². The number of hydrogen-bond donors (Lipinski definition) is 1. The molecule has 3 nitrogen and oxygen atoms in total. The Morgan fingerprint density at radius 1 is 1.36 bits per heavy atom. The largest absolute Gasteiger partial charge is 0.378 e. The van der Waals surface area contributed by atoms with Crippen LogP contribution in [0, 0.1) is 0 Å². The van der Waals surface area contributed by atoms with Crippen molar-refractivity contribution >= 4 is 5.91 Å². The highest BCUT2D eigenvalue weighted by Gasteiger charge is 2.11. The van der Waals surface area contributed by atoms with E-state index in [1.165, 1.54) is 0 Å². The van der Waals surface area contributed by atoms with Crippen LogP contribution in [0.4, 0.5) is 0 Å². The van der Waals surface area contributed by atoms with Gasteiger partial charge in [0.05, 0.1) is 12.5 Å². The Labute approximate surface area is 87.2 Å². The quantitative estimate of drug-likeness (QED) is 0.611. The van der Waals surface area contributed by atoms with E-state index in [-0.39, 0.29) is 12.0 Å². The number of rotatable bonds is 8. The zero-order valence-corrected chi connectivity index (χ0v) is 9.64. The van der Waals surface area contributed by atoms with Gasteiger partial charge in [-0.05, 0) is 12.8 Å². The van der Waals surface area contributed by atoms with Crippen molar-refractivity contribution in [2.45, 2.75) is 52.1 Å². The molecular formula is C11H23NO2. The lowest BCUT2D eigenvalue weighted by atomic mass is 10.1. The molecule has 0 spiro atoms. The topological polar surface area (TPSA) is 38.3 Å². The predicted octanol–water partition coefficient (Wildman–Crippen LogP) is 2.11. The summed E-state index contributed by atoms with van der Waals surface area (Å²) in [5.41, 5.74) is 0. The summed E-state index contributed by atoms with van der Waals surface area (Å²) in [6.45, 7) is 5.02. The maximum atomic E-state index is 11.1. The highest BCUT2D eigenvalue weighted by atomic mass is 16.5. The molecule has 0 aromatic carbocycles. The Morgan fingerprint density at radius 2 is 2.07 bits per heavy atom. The number of hydrogen-bond acceptors (Lipinski definition) is 2. The predicted molar refractivity (Wildman–Crippen MR) is 58.2 cm³/mol. The van der Waals surface area contributed by atoms with E-state index in [2.05, 4.69) is 19.2 Å². The Balaban J connectivity index is 3.70. The Kier molecular flexibility index (Phi) is 8.64. The summed E-state index contributed by atoms with van der Waals surface area (Å²) in [6, 6.07) is 0. The third-order valence-corrected chi connectivity index (χ3v) is 2.15. The lowest BCUT2D eigenvalue weighted by Gasteiger charge is -2.16. The number of nitrogens with one attached hydrogen (secondary N) is 1. The first-order valence-corrected chi connectivity index (χ1v) is 5.56. The standard InChI is InChI=1S/C11H23NO2/c1-4-6-8-14-10(7-5-2)9-11(13)12-3/h10H,4-9H2,1-3H3,(H,12,13). The summed E-state index contributed by atoms with van der Waals surface area (Å²) in [6.07, 6.45) is 4.85. The lowest BCUT2D eigenvalue weighted by molar-refractivity contribution is -0.123. The van der Waals surface area contributed by atoms with Crippen LogP contribution in [0.25, 0.3) is 0 Å². The lowest BCUT2D eigenvalue weighted by Crippen LogP contribution is -2.26. The summed E-state index contributed by atoms with van der Waals surface area (Å²) in [7, 11) is 1.66. The van der Waals surface area contributed by atoms with Gasteiger partial charge in [0.2, 0.25) is 5.91 Å². The molecule has 0 rings (SSSR count). The monoisotopic (exact) mass is 201 g/mol. The molecule has 0 aliphatic rings. The molecular weight excluding hydrogens is 178 g/mol. The Hall–Kier alpha value is -0.570. The maximum absolute atomic E-state index is 11.1. The van der Waals surface area contributed by atoms with E-state index in [1.807, 2.05) is 0 Å². The first-order chi connectivity index (χ1) is 6.74. The number of carbonyl (C=O) groups excluding carboxylic acids is 1. The van der Waals surface area contributed by atoms with Gasteiger partial charge in [-0.1, -0.05) is 26.7 Å². The van der Waals surface area contributed by atoms with Gasteiger partial charge in [-0.15, -0.1) is 0 Å². The van der Waals surface area contributed by atoms with Crippen molar-refractivity contribution in [3.63, 3.8) is 0 Å². The second-order valence-corrected chi connectivity index (χ2v) is 3.51. The van der Waals surface area contributed by atoms with E-state index in [4.69, 9.17) is 4.74 Å². The molecule has 84 valence electrons. The van der Waals surface area contributed by atoms with Gasteiger partial charge in [0.1, 0.15) is 0 Å². The summed E-state index contributed by atoms with van der Waals surface area (Å²) < 4.78 is 5.63. The summed E-state index contributed by atoms with van der Waals surface area (Å²) >= 11 is 0. The van der Waals surface area contributed by atoms with Gasteiger partial charge < -0.3 is 10.1 Å². The van der Waals surface area contributed by atoms with Crippen molar-refractivity contribution in [1.82, 2.24) is 5.32 Å². The van der Waals surface area contributed by atoms with E-state index < -0.39 is 0 Å². The van der Waals surface area contributed by atoms with Crippen LogP contribution in [0.1, 0.15) is 46.0 Å². The molecule has 1 amide bonds. The fourth-order valence-electron chi connectivity index (χ4n) is 1.27. The van der Waals surface area contributed by atoms with Crippen LogP contribution in [0.3, 0.4) is 0 Å². The maximum Gasteiger partial charge on any atom is 0.222 e. The summed E-state index contributed by atoms with van der Waals surface area (Å²) in [4.78, 5) is 11.1. The van der Waals surface area contributed by atoms with Gasteiger partial charge in [-0.2, -0.15) is 0 Å². The molecule has 0 bridgehead atoms. The van der Waals surface area contributed by atoms with E-state index in [9.17, 15) is 4.79 Å². The molecule has 0 aromatic rings. The minimum atomic E-state index is 0.0694. The van der Waals surface area contributed by atoms with Crippen LogP contribution >= 0.6 is 0 Å². The summed E-state index contributed by atoms with van der Waals surface area (Å²) in [5.74, 6) is 0.0694. The third-order valence-electron chi connectivity index (χ3n) is 2.15. The molecule has 1 unspecified atom stereocenters. The zero-order valence-electron chi connectivity index (χ0n) is 9.64. The van der Waals surface area contributed by atoms with Crippen molar-refractivity contribution in [2.75, 3.05) is 13.7 Å². The molecule has 0 saturated heterocycles. The molecule has 0 aromatic heterocycles. The summed E-state index contributed by atoms with van der Waals surface area (Å²) in [5, 5.41) is 2.63. The van der Waals surface area contributed by atoms with Crippen LogP contribution in [-0.2, 0) is 9.53 Å². The van der Waals surface area contributed by atoms with Gasteiger partial charge in [-0.3, -0.25) is 4.79 Å². The molecule has 0 fully saturated rings. The number of ether oxygens (including phenoxy) is 1. The number of amides is 1. The van der Waals surface area contributed by atoms with Gasteiger partial charge >= 0.3 is 0 Å². The van der Waals surface area contributed by atoms with Crippen LogP contribution in [0.15, 0.2) is 0 Å². The molecule has 0 heterocycles. The van der Waals surface area contributed by atoms with Crippen LogP contribution in [-0.4, -0.2) is 25.7 Å². The highest BCUT2D eigenvalue weighted by molar-refractivity contribution is 5.75. The molecule has 0 aliphatic carbocycles. The Bertz CT molecular complexity index is 148. The van der Waals surface area contributed by atoms with E-state index in [0.717, 1.165) is 32.3 Å². The van der Waals surface area contributed by atoms with E-state index in [0.29, 0.717) is 6.42 Å². The molecule has 1 atom stereocenters. The molecule has 0 radical (unpaired) electrons. The fraction of sp³-hybridized carbons (Fsp3) is 0.909. The SMILES string of the molecule is CCCCOC(CCC)CC(=O)NC. The average molecular weight is 201 g/mol. The van der Waals surface area contributed by atoms with Crippen LogP contribution in [0.2, 0.25) is 0 Å². The second kappa shape index (κ2) is 9.00. The van der Waals surface area contributed by atoms with Crippen molar-refractivity contribution in [1.29, 1.82) is 0 Å². The van der Waals surface area contributed by atoms with Crippen molar-refractivity contribution in [2.24, 2.45) is 0 Å². The normalized spacial score (nSPS) is 12.5. The molecule has 14 heavy (non-hydrogen) atoms. The molecule has 1 N–H and O–H groups in total. The van der Waals surface area contributed by atoms with E-state index in [1.54, 1.807) is 7.05 Å². The van der Waals surface area contributed by atoms with Crippen molar-refractivity contribution < 1.29 is 9.53 Å². The first kappa shape index (κ1) is 13.4. The van der Waals surface area contributed by atoms with Crippen molar-refractivity contribution in [3.8, 4) is 0 Å². The Morgan fingerprint density at radius 3 is 2.57 bits per heavy atom.